The Balaban J connectivity index is 0.891. The fourth-order valence-corrected chi connectivity index (χ4v) is 9.50. The number of unbranched alkanes of at least 4 members (excludes halogenated alkanes) is 3. The van der Waals surface area contributed by atoms with Crippen LogP contribution in [0.5, 0.6) is 0 Å². The van der Waals surface area contributed by atoms with Crippen LogP contribution in [0.4, 0.5) is 0 Å². The van der Waals surface area contributed by atoms with E-state index in [0.717, 1.165) is 40.0 Å². The van der Waals surface area contributed by atoms with Crippen LogP contribution in [0.25, 0.3) is 0 Å². The zero-order chi connectivity index (χ0) is 46.9. The van der Waals surface area contributed by atoms with E-state index in [1.165, 1.54) is 16.8 Å². The number of rotatable bonds is 15. The lowest BCUT2D eigenvalue weighted by Crippen LogP contribution is -2.60. The van der Waals surface area contributed by atoms with Crippen molar-refractivity contribution in [2.24, 2.45) is 11.5 Å². The van der Waals surface area contributed by atoms with Crippen molar-refractivity contribution in [3.63, 3.8) is 0 Å². The van der Waals surface area contributed by atoms with Crippen molar-refractivity contribution in [3.8, 4) is 11.8 Å². The molecule has 1 unspecified atom stereocenters. The largest absolute Gasteiger partial charge is 0.370 e. The predicted molar refractivity (Wildman–Crippen MR) is 243 cm³/mol. The van der Waals surface area contributed by atoms with Crippen molar-refractivity contribution in [1.29, 1.82) is 0 Å². The van der Waals surface area contributed by atoms with E-state index in [4.69, 9.17) is 11.5 Å². The molecule has 5 atom stereocenters. The fourth-order valence-electron chi connectivity index (χ4n) is 9.50. The van der Waals surface area contributed by atoms with Crippen molar-refractivity contribution in [3.05, 3.63) is 107 Å². The minimum Gasteiger partial charge on any atom is -0.370 e. The first-order chi connectivity index (χ1) is 31.8. The molecule has 4 heterocycles. The molecule has 0 spiro atoms. The summed E-state index contributed by atoms with van der Waals surface area (Å²) in [6.45, 7) is 0.637. The number of likely N-dealkylation sites (tertiary alicyclic amines) is 1. The number of imide groups is 1. The number of hydrogen-bond donors (Lipinski definition) is 4. The summed E-state index contributed by atoms with van der Waals surface area (Å²) in [6.07, 6.45) is 4.63. The number of carbonyl (C=O) groups is 8. The lowest BCUT2D eigenvalue weighted by Gasteiger charge is -2.37. The molecule has 3 aromatic carbocycles. The maximum Gasteiger partial charge on any atom is 0.255 e. The van der Waals surface area contributed by atoms with Gasteiger partial charge in [0.15, 0.2) is 0 Å². The van der Waals surface area contributed by atoms with Gasteiger partial charge in [-0.3, -0.25) is 43.3 Å². The molecule has 6 N–H and O–H groups in total. The number of fused-ring (bicyclic) bond motifs is 2. The van der Waals surface area contributed by atoms with Gasteiger partial charge in [-0.1, -0.05) is 85.0 Å². The summed E-state index contributed by atoms with van der Waals surface area (Å²) in [5, 5.41) is 5.88. The molecule has 0 bridgehead atoms. The summed E-state index contributed by atoms with van der Waals surface area (Å²) in [4.78, 5) is 111. The van der Waals surface area contributed by atoms with Gasteiger partial charge in [0, 0.05) is 69.5 Å². The smallest absolute Gasteiger partial charge is 0.255 e. The van der Waals surface area contributed by atoms with Gasteiger partial charge in [-0.25, -0.2) is 0 Å². The third-order valence-corrected chi connectivity index (χ3v) is 13.2. The van der Waals surface area contributed by atoms with Crippen LogP contribution in [0, 0.1) is 11.8 Å². The third-order valence-electron chi connectivity index (χ3n) is 13.2. The number of benzene rings is 3. The van der Waals surface area contributed by atoms with Crippen LogP contribution in [0.3, 0.4) is 0 Å². The fraction of sp³-hybridized carbons (Fsp3) is 0.440. The summed E-state index contributed by atoms with van der Waals surface area (Å²) in [5.74, 6) is 3.36. The van der Waals surface area contributed by atoms with Crippen LogP contribution in [0.15, 0.2) is 78.9 Å². The monoisotopic (exact) mass is 898 g/mol. The Morgan fingerprint density at radius 2 is 1.52 bits per heavy atom. The van der Waals surface area contributed by atoms with E-state index in [1.54, 1.807) is 17.0 Å². The molecule has 7 rings (SSSR count). The van der Waals surface area contributed by atoms with Crippen LogP contribution < -0.4 is 22.1 Å². The summed E-state index contributed by atoms with van der Waals surface area (Å²) < 4.78 is 0. The third kappa shape index (κ3) is 10.8. The Morgan fingerprint density at radius 1 is 0.803 bits per heavy atom. The zero-order valence-corrected chi connectivity index (χ0v) is 37.3. The Labute approximate surface area is 384 Å². The molecule has 16 nitrogen and oxygen atoms in total. The number of nitrogens with zero attached hydrogens (tertiary/aromatic N) is 4. The second-order valence-corrected chi connectivity index (χ2v) is 17.5. The molecule has 0 saturated carbocycles. The summed E-state index contributed by atoms with van der Waals surface area (Å²) >= 11 is 0. The first kappa shape index (κ1) is 47.1. The van der Waals surface area contributed by atoms with E-state index in [9.17, 15) is 38.4 Å². The summed E-state index contributed by atoms with van der Waals surface area (Å²) in [6, 6.07) is 19.6. The van der Waals surface area contributed by atoms with Crippen LogP contribution >= 0.6 is 0 Å². The number of nitrogens with one attached hydrogen (secondary N) is 2. The first-order valence-corrected chi connectivity index (χ1v) is 22.9. The Kier molecular flexibility index (Phi) is 15.3. The lowest BCUT2D eigenvalue weighted by atomic mass is 9.98. The van der Waals surface area contributed by atoms with Crippen molar-refractivity contribution in [2.45, 2.75) is 120 Å². The molecule has 3 aromatic rings. The second kappa shape index (κ2) is 21.4. The number of hydrogen-bond acceptors (Lipinski definition) is 9. The maximum absolute atomic E-state index is 14.0. The molecule has 346 valence electrons. The summed E-state index contributed by atoms with van der Waals surface area (Å²) in [7, 11) is 1.45. The van der Waals surface area contributed by atoms with Crippen LogP contribution in [0.1, 0.15) is 116 Å². The molecule has 66 heavy (non-hydrogen) atoms. The van der Waals surface area contributed by atoms with Gasteiger partial charge in [-0.2, -0.15) is 0 Å². The van der Waals surface area contributed by atoms with Gasteiger partial charge in [0.1, 0.15) is 24.2 Å². The molecule has 3 fully saturated rings. The highest BCUT2D eigenvalue weighted by atomic mass is 16.2. The molecule has 4 aliphatic heterocycles. The van der Waals surface area contributed by atoms with Gasteiger partial charge in [-0.05, 0) is 73.8 Å². The molecule has 8 amide bonds. The Morgan fingerprint density at radius 3 is 2.21 bits per heavy atom. The van der Waals surface area contributed by atoms with Crippen molar-refractivity contribution in [2.75, 3.05) is 20.1 Å². The van der Waals surface area contributed by atoms with E-state index >= 15 is 0 Å². The van der Waals surface area contributed by atoms with E-state index in [1.807, 2.05) is 66.7 Å². The molecular weight excluding hydrogens is 841 g/mol. The van der Waals surface area contributed by atoms with Gasteiger partial charge in [0.05, 0.1) is 6.04 Å². The number of piperidine rings is 1. The molecular formula is C50H58N8O8. The van der Waals surface area contributed by atoms with Gasteiger partial charge < -0.3 is 36.8 Å². The highest BCUT2D eigenvalue weighted by Gasteiger charge is 2.45. The quantitative estimate of drug-likeness (QED) is 0.0999. The lowest BCUT2D eigenvalue weighted by molar-refractivity contribution is -0.150. The number of amides is 8. The van der Waals surface area contributed by atoms with Crippen molar-refractivity contribution < 1.29 is 38.4 Å². The highest BCUT2D eigenvalue weighted by molar-refractivity contribution is 6.05. The molecule has 4 aliphatic rings. The predicted octanol–water partition coefficient (Wildman–Crippen LogP) is 2.67. The second-order valence-electron chi connectivity index (χ2n) is 17.5. The van der Waals surface area contributed by atoms with Crippen LogP contribution in [-0.4, -0.2) is 117 Å². The van der Waals surface area contributed by atoms with Crippen LogP contribution in [0.2, 0.25) is 0 Å². The summed E-state index contributed by atoms with van der Waals surface area (Å²) in [5.41, 5.74) is 15.6. The van der Waals surface area contributed by atoms with E-state index in [0.29, 0.717) is 50.6 Å². The standard InChI is InChI=1S/C50H58N8O8/c1-55-43(60)27-25-41(50(55)66)57-30-37-32(19-13-20-36(37)48(57)64)14-7-3-2-4-12-21-44(61)56-29-28-35-22-24-40(58(35)49(65)38(51)31-56)47(63)53-39(23-26-42(52)59)46(62)54-45(33-15-8-5-9-16-33)34-17-10-6-11-18-34/h5-6,8-11,13,15-20,35,38-41,45H,2-4,12,21-31,51H2,1H3,(H2,52,59)(H,53,63)(H,54,62)/t35-,38+,39+,40+,41?/m1/s1. The number of carbonyl (C=O) groups excluding carboxylic acids is 8. The topological polar surface area (TPSA) is 226 Å². The zero-order valence-electron chi connectivity index (χ0n) is 37.3. The minimum absolute atomic E-state index is 0.00969. The normalized spacial score (nSPS) is 21.1. The highest BCUT2D eigenvalue weighted by Crippen LogP contribution is 2.32. The maximum atomic E-state index is 14.0. The molecule has 0 aliphatic carbocycles. The van der Waals surface area contributed by atoms with Gasteiger partial charge in [-0.15, -0.1) is 0 Å². The van der Waals surface area contributed by atoms with Gasteiger partial charge >= 0.3 is 0 Å². The van der Waals surface area contributed by atoms with E-state index in [2.05, 4.69) is 22.5 Å². The van der Waals surface area contributed by atoms with E-state index in [-0.39, 0.29) is 68.4 Å². The molecule has 3 saturated heterocycles. The van der Waals surface area contributed by atoms with Gasteiger partial charge in [0.2, 0.25) is 35.4 Å². The van der Waals surface area contributed by atoms with Crippen LogP contribution in [-0.2, 0) is 40.1 Å². The number of likely N-dealkylation sites (N-methyl/N-ethyl adjacent to an activating group) is 1. The average molecular weight is 899 g/mol. The van der Waals surface area contributed by atoms with Gasteiger partial charge in [0.25, 0.3) is 11.8 Å². The van der Waals surface area contributed by atoms with Crippen molar-refractivity contribution >= 4 is 47.3 Å². The number of primary amides is 1. The first-order valence-electron chi connectivity index (χ1n) is 22.9. The SMILES string of the molecule is CN1C(=O)CCC(N2Cc3c(C#CCCCCCC(=O)N4CC[C@H]5CC[C@@H](C(=O)N[C@@H](CCC(N)=O)C(=O)NC(c6ccccc6)c6ccccc6)N5C(=O)[C@@H](N)C4)cccc3C2=O)C1=O. The van der Waals surface area contributed by atoms with Crippen molar-refractivity contribution in [1.82, 2.24) is 30.2 Å². The minimum atomic E-state index is -1.11. The molecule has 16 heteroatoms. The number of nitrogens with two attached hydrogens (primary N) is 2. The van der Waals surface area contributed by atoms with E-state index < -0.39 is 53.8 Å². The molecule has 0 aromatic heterocycles. The average Bonchev–Trinajstić information content (AvgIpc) is 3.90. The molecule has 0 radical (unpaired) electrons. The Hall–Kier alpha value is -6.86. The Bertz CT molecular complexity index is 2360.